The van der Waals surface area contributed by atoms with Gasteiger partial charge >= 0.3 is 0 Å². The van der Waals surface area contributed by atoms with Crippen LogP contribution in [0, 0.1) is 0 Å². The van der Waals surface area contributed by atoms with Crippen molar-refractivity contribution in [2.24, 2.45) is 0 Å². The van der Waals surface area contributed by atoms with E-state index in [1.807, 2.05) is 48.5 Å². The topological polar surface area (TPSA) is 63.0 Å². The van der Waals surface area contributed by atoms with Gasteiger partial charge in [0.1, 0.15) is 5.76 Å². The molecule has 3 aromatic rings. The minimum Gasteiger partial charge on any atom is -0.465 e. The van der Waals surface area contributed by atoms with Gasteiger partial charge in [0.2, 0.25) is 0 Å². The third-order valence-electron chi connectivity index (χ3n) is 5.36. The first-order valence-corrected chi connectivity index (χ1v) is 9.28. The summed E-state index contributed by atoms with van der Waals surface area (Å²) in [5.74, 6) is -0.117. The third-order valence-corrected chi connectivity index (χ3v) is 5.36. The Morgan fingerprint density at radius 1 is 1.03 bits per heavy atom. The van der Waals surface area contributed by atoms with Gasteiger partial charge in [-0.05, 0) is 30.3 Å². The molecule has 0 radical (unpaired) electrons. The zero-order valence-corrected chi connectivity index (χ0v) is 15.7. The van der Waals surface area contributed by atoms with Crippen molar-refractivity contribution in [2.45, 2.75) is 12.3 Å². The molecule has 0 saturated carbocycles. The van der Waals surface area contributed by atoms with Crippen LogP contribution in [0.15, 0.2) is 77.4 Å². The Balaban J connectivity index is 1.69. The summed E-state index contributed by atoms with van der Waals surface area (Å²) >= 11 is 0. The summed E-state index contributed by atoms with van der Waals surface area (Å²) in [5, 5.41) is 0. The Hall–Kier alpha value is -3.64. The van der Waals surface area contributed by atoms with E-state index in [4.69, 9.17) is 9.15 Å². The Labute approximate surface area is 167 Å². The fourth-order valence-corrected chi connectivity index (χ4v) is 4.02. The molecule has 29 heavy (non-hydrogen) atoms. The van der Waals surface area contributed by atoms with Crippen molar-refractivity contribution in [3.8, 4) is 0 Å². The van der Waals surface area contributed by atoms with Crippen LogP contribution in [-0.4, -0.2) is 18.9 Å². The van der Waals surface area contributed by atoms with Crippen molar-refractivity contribution in [1.82, 2.24) is 0 Å². The van der Waals surface area contributed by atoms with E-state index in [1.165, 1.54) is 17.2 Å². The number of carbonyl (C=O) groups is 2. The van der Waals surface area contributed by atoms with E-state index in [2.05, 4.69) is 0 Å². The minimum atomic E-state index is -1.54. The quantitative estimate of drug-likeness (QED) is 0.630. The molecule has 2 aromatic carbocycles. The molecule has 0 bridgehead atoms. The lowest BCUT2D eigenvalue weighted by atomic mass is 9.97. The van der Waals surface area contributed by atoms with Crippen LogP contribution in [0.3, 0.4) is 0 Å². The van der Waals surface area contributed by atoms with E-state index in [9.17, 15) is 9.59 Å². The number of furan rings is 1. The third kappa shape index (κ3) is 2.46. The van der Waals surface area contributed by atoms with Crippen LogP contribution in [-0.2, 0) is 26.7 Å². The summed E-state index contributed by atoms with van der Waals surface area (Å²) in [4.78, 5) is 29.9. The van der Waals surface area contributed by atoms with Crippen LogP contribution >= 0.6 is 0 Å². The monoisotopic (exact) mass is 386 g/mol. The zero-order chi connectivity index (χ0) is 20.0. The molecule has 1 aromatic heterocycles. The largest absolute Gasteiger partial charge is 0.465 e. The van der Waals surface area contributed by atoms with E-state index < -0.39 is 5.72 Å². The molecule has 0 saturated heterocycles. The van der Waals surface area contributed by atoms with Gasteiger partial charge in [-0.2, -0.15) is 0 Å². The van der Waals surface area contributed by atoms with Crippen LogP contribution in [0.5, 0.6) is 0 Å². The molecule has 0 fully saturated rings. The second-order valence-corrected chi connectivity index (χ2v) is 6.97. The van der Waals surface area contributed by atoms with E-state index in [-0.39, 0.29) is 18.4 Å². The number of rotatable bonds is 2. The number of ether oxygens (including phenoxy) is 1. The fourth-order valence-electron chi connectivity index (χ4n) is 4.02. The number of carbonyl (C=O) groups excluding carboxylic acids is 2. The van der Waals surface area contributed by atoms with Crippen LogP contribution in [0.1, 0.15) is 16.9 Å². The van der Waals surface area contributed by atoms with Gasteiger partial charge in [-0.3, -0.25) is 14.5 Å². The minimum absolute atomic E-state index is 0.232. The number of para-hydroxylation sites is 2. The van der Waals surface area contributed by atoms with Gasteiger partial charge in [0.15, 0.2) is 0 Å². The lowest BCUT2D eigenvalue weighted by Gasteiger charge is -2.43. The van der Waals surface area contributed by atoms with Crippen LogP contribution in [0.4, 0.5) is 11.4 Å². The number of fused-ring (bicyclic) bond motifs is 3. The summed E-state index contributed by atoms with van der Waals surface area (Å²) < 4.78 is 11.5. The van der Waals surface area contributed by atoms with Gasteiger partial charge in [-0.1, -0.05) is 36.4 Å². The highest BCUT2D eigenvalue weighted by Gasteiger charge is 2.59. The summed E-state index contributed by atoms with van der Waals surface area (Å²) in [6.45, 7) is 0.232. The molecule has 6 nitrogen and oxygen atoms in total. The van der Waals surface area contributed by atoms with Gasteiger partial charge in [0.05, 0.1) is 24.2 Å². The van der Waals surface area contributed by atoms with Gasteiger partial charge < -0.3 is 14.1 Å². The smallest absolute Gasteiger partial charge is 0.285 e. The Morgan fingerprint density at radius 3 is 2.59 bits per heavy atom. The second kappa shape index (κ2) is 6.46. The van der Waals surface area contributed by atoms with Gasteiger partial charge in [0, 0.05) is 24.3 Å². The van der Waals surface area contributed by atoms with Crippen molar-refractivity contribution in [2.75, 3.05) is 16.8 Å². The molecule has 2 aliphatic rings. The lowest BCUT2D eigenvalue weighted by molar-refractivity contribution is -0.151. The van der Waals surface area contributed by atoms with Crippen LogP contribution in [0.25, 0.3) is 6.08 Å². The van der Waals surface area contributed by atoms with Crippen molar-refractivity contribution in [3.63, 3.8) is 0 Å². The standard InChI is InChI=1S/C23H18N2O4/c1-24-20-11-5-3-9-18(20)23(22(24)27)25(19-10-4-2-7-16(19)15-29-23)21(26)13-12-17-8-6-14-28-17/h2-14H,15H2,1H3/b13-12+/t23-/m0/s1. The first-order chi connectivity index (χ1) is 14.1. The first-order valence-electron chi connectivity index (χ1n) is 9.28. The van der Waals surface area contributed by atoms with E-state index in [0.29, 0.717) is 17.0 Å². The first kappa shape index (κ1) is 17.5. The molecule has 6 heteroatoms. The Morgan fingerprint density at radius 2 is 1.79 bits per heavy atom. The molecule has 5 rings (SSSR count). The Bertz CT molecular complexity index is 1140. The van der Waals surface area contributed by atoms with Gasteiger partial charge in [0.25, 0.3) is 17.5 Å². The molecule has 144 valence electrons. The molecule has 3 heterocycles. The summed E-state index contributed by atoms with van der Waals surface area (Å²) in [6, 6.07) is 18.4. The Kier molecular flexibility index (Phi) is 3.89. The van der Waals surface area contributed by atoms with E-state index in [1.54, 1.807) is 30.2 Å². The summed E-state index contributed by atoms with van der Waals surface area (Å²) in [7, 11) is 1.70. The van der Waals surface area contributed by atoms with Gasteiger partial charge in [-0.25, -0.2) is 0 Å². The number of hydrogen-bond acceptors (Lipinski definition) is 4. The number of benzene rings is 2. The lowest BCUT2D eigenvalue weighted by Crippen LogP contribution is -2.58. The highest BCUT2D eigenvalue weighted by molar-refractivity contribution is 6.16. The average molecular weight is 386 g/mol. The highest BCUT2D eigenvalue weighted by Crippen LogP contribution is 2.49. The maximum atomic E-state index is 13.5. The molecule has 1 spiro atoms. The average Bonchev–Trinajstić information content (AvgIpc) is 3.35. The van der Waals surface area contributed by atoms with Crippen molar-refractivity contribution >= 4 is 29.3 Å². The number of nitrogens with zero attached hydrogens (tertiary/aromatic N) is 2. The maximum absolute atomic E-state index is 13.5. The molecule has 2 amide bonds. The summed E-state index contributed by atoms with van der Waals surface area (Å²) in [6.07, 6.45) is 4.53. The normalized spacial score (nSPS) is 20.4. The van der Waals surface area contributed by atoms with Crippen molar-refractivity contribution < 1.29 is 18.7 Å². The predicted molar refractivity (Wildman–Crippen MR) is 108 cm³/mol. The van der Waals surface area contributed by atoms with Crippen LogP contribution < -0.4 is 9.80 Å². The molecule has 0 N–H and O–H groups in total. The van der Waals surface area contributed by atoms with Gasteiger partial charge in [-0.15, -0.1) is 0 Å². The highest BCUT2D eigenvalue weighted by atomic mass is 16.5. The molecule has 2 aliphatic heterocycles. The van der Waals surface area contributed by atoms with Crippen molar-refractivity contribution in [3.05, 3.63) is 89.9 Å². The molecular weight excluding hydrogens is 368 g/mol. The fraction of sp³-hybridized carbons (Fsp3) is 0.130. The molecule has 0 unspecified atom stereocenters. The number of likely N-dealkylation sites (N-methyl/N-ethyl adjacent to an activating group) is 1. The van der Waals surface area contributed by atoms with Crippen LogP contribution in [0.2, 0.25) is 0 Å². The van der Waals surface area contributed by atoms with E-state index in [0.717, 1.165) is 11.3 Å². The van der Waals surface area contributed by atoms with Crippen molar-refractivity contribution in [1.29, 1.82) is 0 Å². The van der Waals surface area contributed by atoms with E-state index >= 15 is 0 Å². The molecule has 0 aliphatic carbocycles. The predicted octanol–water partition coefficient (Wildman–Crippen LogP) is 3.69. The SMILES string of the molecule is CN1C(=O)[C@@]2(OCc3ccccc3N2C(=O)/C=C/c2ccco2)c2ccccc21. The second-order valence-electron chi connectivity index (χ2n) is 6.97. The zero-order valence-electron chi connectivity index (χ0n) is 15.7. The maximum Gasteiger partial charge on any atom is 0.285 e. The molecule has 1 atom stereocenters. The number of anilines is 2. The molecular formula is C23H18N2O4. The number of hydrogen-bond donors (Lipinski definition) is 0. The summed E-state index contributed by atoms with van der Waals surface area (Å²) in [5.41, 5.74) is 1.35. The number of amides is 2.